The van der Waals surface area contributed by atoms with Crippen molar-refractivity contribution in [2.45, 2.75) is 69.6 Å². The average Bonchev–Trinajstić information content (AvgIpc) is 3.34. The predicted octanol–water partition coefficient (Wildman–Crippen LogP) is 6.43. The van der Waals surface area contributed by atoms with Crippen molar-refractivity contribution in [3.63, 3.8) is 0 Å². The highest BCUT2D eigenvalue weighted by atomic mass is 16.5. The number of methoxy groups -OCH3 is 1. The molecular formula is C34H37N3O3. The first kappa shape index (κ1) is 26.2. The van der Waals surface area contributed by atoms with E-state index < -0.39 is 5.54 Å². The van der Waals surface area contributed by atoms with Crippen molar-refractivity contribution < 1.29 is 14.3 Å². The number of fused-ring (bicyclic) bond motifs is 3. The van der Waals surface area contributed by atoms with Gasteiger partial charge in [0.15, 0.2) is 5.54 Å². The molecule has 0 bridgehead atoms. The van der Waals surface area contributed by atoms with Crippen LogP contribution in [0.3, 0.4) is 0 Å². The van der Waals surface area contributed by atoms with E-state index in [9.17, 15) is 9.59 Å². The zero-order valence-electron chi connectivity index (χ0n) is 23.1. The molecular weight excluding hydrogens is 498 g/mol. The SMILES string of the molecule is COc1ccc2cc3n(c2c1)CC(C(=O)NC1CCCCCCC1)(c1ccccc1)N(Cc1ccccc1)C3=O. The molecule has 2 aliphatic rings. The van der Waals surface area contributed by atoms with Gasteiger partial charge in [0.2, 0.25) is 0 Å². The number of carbonyl (C=O) groups is 2. The van der Waals surface area contributed by atoms with E-state index in [0.717, 1.165) is 53.5 Å². The van der Waals surface area contributed by atoms with E-state index >= 15 is 0 Å². The lowest BCUT2D eigenvalue weighted by atomic mass is 9.83. The fraction of sp³-hybridized carbons (Fsp3) is 0.353. The van der Waals surface area contributed by atoms with Crippen molar-refractivity contribution in [2.24, 2.45) is 0 Å². The van der Waals surface area contributed by atoms with Gasteiger partial charge in [-0.1, -0.05) is 92.8 Å². The van der Waals surface area contributed by atoms with Crippen LogP contribution in [0.5, 0.6) is 5.75 Å². The molecule has 1 aromatic heterocycles. The fourth-order valence-corrected chi connectivity index (χ4v) is 6.50. The highest BCUT2D eigenvalue weighted by Gasteiger charge is 2.52. The molecule has 1 fully saturated rings. The maximum atomic E-state index is 14.8. The third kappa shape index (κ3) is 4.76. The van der Waals surface area contributed by atoms with Crippen molar-refractivity contribution in [1.29, 1.82) is 0 Å². The van der Waals surface area contributed by atoms with Gasteiger partial charge in [-0.05, 0) is 42.2 Å². The number of aromatic nitrogens is 1. The van der Waals surface area contributed by atoms with Crippen LogP contribution < -0.4 is 10.1 Å². The molecule has 0 saturated heterocycles. The zero-order chi connectivity index (χ0) is 27.5. The summed E-state index contributed by atoms with van der Waals surface area (Å²) < 4.78 is 7.55. The largest absolute Gasteiger partial charge is 0.497 e. The molecule has 6 heteroatoms. The van der Waals surface area contributed by atoms with Gasteiger partial charge in [-0.15, -0.1) is 0 Å². The lowest BCUT2D eigenvalue weighted by Gasteiger charge is -2.47. The Morgan fingerprint density at radius 1 is 0.900 bits per heavy atom. The Labute approximate surface area is 235 Å². The molecule has 1 aliphatic carbocycles. The Hall–Kier alpha value is -4.06. The Morgan fingerprint density at radius 2 is 1.57 bits per heavy atom. The van der Waals surface area contributed by atoms with Crippen LogP contribution in [0.15, 0.2) is 84.9 Å². The average molecular weight is 536 g/mol. The number of hydrogen-bond acceptors (Lipinski definition) is 3. The first-order chi connectivity index (χ1) is 19.6. The Bertz CT molecular complexity index is 1490. The molecule has 1 aliphatic heterocycles. The van der Waals surface area contributed by atoms with E-state index in [1.54, 1.807) is 12.0 Å². The van der Waals surface area contributed by atoms with E-state index in [1.165, 1.54) is 19.3 Å². The summed E-state index contributed by atoms with van der Waals surface area (Å²) in [6.45, 7) is 0.650. The smallest absolute Gasteiger partial charge is 0.272 e. The highest BCUT2D eigenvalue weighted by Crippen LogP contribution is 2.41. The molecule has 4 aromatic rings. The third-order valence-electron chi connectivity index (χ3n) is 8.67. The van der Waals surface area contributed by atoms with E-state index in [4.69, 9.17) is 4.74 Å². The van der Waals surface area contributed by atoms with E-state index in [0.29, 0.717) is 18.8 Å². The van der Waals surface area contributed by atoms with Gasteiger partial charge in [-0.25, -0.2) is 0 Å². The summed E-state index contributed by atoms with van der Waals surface area (Å²) in [6, 6.07) is 27.7. The second kappa shape index (κ2) is 11.2. The maximum Gasteiger partial charge on any atom is 0.272 e. The predicted molar refractivity (Wildman–Crippen MR) is 157 cm³/mol. The lowest BCUT2D eigenvalue weighted by molar-refractivity contribution is -0.136. The van der Waals surface area contributed by atoms with Gasteiger partial charge in [0.25, 0.3) is 11.8 Å². The van der Waals surface area contributed by atoms with Crippen molar-refractivity contribution >= 4 is 22.7 Å². The number of amides is 2. The topological polar surface area (TPSA) is 63.6 Å². The molecule has 6 nitrogen and oxygen atoms in total. The van der Waals surface area contributed by atoms with Crippen LogP contribution in [0.4, 0.5) is 0 Å². The lowest BCUT2D eigenvalue weighted by Crippen LogP contribution is -2.64. The van der Waals surface area contributed by atoms with Gasteiger partial charge in [-0.2, -0.15) is 0 Å². The molecule has 1 saturated carbocycles. The van der Waals surface area contributed by atoms with Gasteiger partial charge in [-0.3, -0.25) is 9.59 Å². The second-order valence-electron chi connectivity index (χ2n) is 11.2. The summed E-state index contributed by atoms with van der Waals surface area (Å²) in [5.74, 6) is 0.461. The monoisotopic (exact) mass is 535 g/mol. The summed E-state index contributed by atoms with van der Waals surface area (Å²) in [5.41, 5.74) is 2.06. The minimum atomic E-state index is -1.22. The number of carbonyl (C=O) groups excluding carboxylic acids is 2. The molecule has 3 aromatic carbocycles. The van der Waals surface area contributed by atoms with Crippen LogP contribution >= 0.6 is 0 Å². The molecule has 1 N–H and O–H groups in total. The summed E-state index contributed by atoms with van der Waals surface area (Å²) in [6.07, 6.45) is 7.84. The van der Waals surface area contributed by atoms with Crippen LogP contribution in [-0.4, -0.2) is 34.4 Å². The summed E-state index contributed by atoms with van der Waals surface area (Å²) in [4.78, 5) is 31.1. The number of rotatable bonds is 6. The molecule has 0 radical (unpaired) electrons. The van der Waals surface area contributed by atoms with Gasteiger partial charge in [0.05, 0.1) is 19.2 Å². The summed E-state index contributed by atoms with van der Waals surface area (Å²) in [5, 5.41) is 4.41. The second-order valence-corrected chi connectivity index (χ2v) is 11.2. The first-order valence-corrected chi connectivity index (χ1v) is 14.5. The van der Waals surface area contributed by atoms with Crippen molar-refractivity contribution in [2.75, 3.05) is 7.11 Å². The Morgan fingerprint density at radius 3 is 2.27 bits per heavy atom. The number of benzene rings is 3. The van der Waals surface area contributed by atoms with Gasteiger partial charge in [0, 0.05) is 24.0 Å². The minimum Gasteiger partial charge on any atom is -0.497 e. The van der Waals surface area contributed by atoms with Crippen LogP contribution in [0.2, 0.25) is 0 Å². The van der Waals surface area contributed by atoms with E-state index in [-0.39, 0.29) is 17.9 Å². The minimum absolute atomic E-state index is 0.102. The van der Waals surface area contributed by atoms with E-state index in [2.05, 4.69) is 5.32 Å². The fourth-order valence-electron chi connectivity index (χ4n) is 6.50. The van der Waals surface area contributed by atoms with Crippen LogP contribution in [-0.2, 0) is 23.4 Å². The summed E-state index contributed by atoms with van der Waals surface area (Å²) >= 11 is 0. The van der Waals surface area contributed by atoms with Crippen LogP contribution in [0, 0.1) is 0 Å². The van der Waals surface area contributed by atoms with Gasteiger partial charge >= 0.3 is 0 Å². The third-order valence-corrected chi connectivity index (χ3v) is 8.67. The van der Waals surface area contributed by atoms with Gasteiger partial charge < -0.3 is 19.5 Å². The molecule has 0 spiro atoms. The highest BCUT2D eigenvalue weighted by molar-refractivity contribution is 6.04. The quantitative estimate of drug-likeness (QED) is 0.309. The number of nitrogens with zero attached hydrogens (tertiary/aromatic N) is 2. The van der Waals surface area contributed by atoms with Gasteiger partial charge in [0.1, 0.15) is 11.4 Å². The summed E-state index contributed by atoms with van der Waals surface area (Å²) in [7, 11) is 1.64. The number of nitrogens with one attached hydrogen (secondary N) is 1. The standard InChI is InChI=1S/C34H37N3O3/c1-40-29-20-19-26-21-31-32(38)37(23-25-13-7-5-8-14-25)34(24-36(31)30(26)22-29,27-15-9-6-10-16-27)33(39)35-28-17-11-3-2-4-12-18-28/h5-10,13-16,19-22,28H,2-4,11-12,17-18,23-24H2,1H3,(H,35,39). The molecule has 2 amide bonds. The maximum absolute atomic E-state index is 14.8. The molecule has 40 heavy (non-hydrogen) atoms. The van der Waals surface area contributed by atoms with Crippen molar-refractivity contribution in [3.05, 3.63) is 102 Å². The zero-order valence-corrected chi connectivity index (χ0v) is 23.1. The van der Waals surface area contributed by atoms with Crippen LogP contribution in [0.1, 0.15) is 66.6 Å². The number of hydrogen-bond donors (Lipinski definition) is 1. The van der Waals surface area contributed by atoms with Crippen LogP contribution in [0.25, 0.3) is 10.9 Å². The molecule has 6 rings (SSSR count). The van der Waals surface area contributed by atoms with Crippen molar-refractivity contribution in [1.82, 2.24) is 14.8 Å². The Kier molecular flexibility index (Phi) is 7.33. The molecule has 1 atom stereocenters. The normalized spacial score (nSPS) is 20.0. The Balaban J connectivity index is 1.52. The molecule has 2 heterocycles. The number of ether oxygens (including phenoxy) is 1. The molecule has 1 unspecified atom stereocenters. The first-order valence-electron chi connectivity index (χ1n) is 14.5. The van der Waals surface area contributed by atoms with E-state index in [1.807, 2.05) is 89.5 Å². The molecule has 206 valence electrons. The van der Waals surface area contributed by atoms with Crippen molar-refractivity contribution in [3.8, 4) is 5.75 Å².